The largest absolute Gasteiger partial charge is 0.383 e. The summed E-state index contributed by atoms with van der Waals surface area (Å²) in [6, 6.07) is 0.456. The van der Waals surface area contributed by atoms with Gasteiger partial charge in [0.1, 0.15) is 0 Å². The molecule has 0 aromatic rings. The Kier molecular flexibility index (Phi) is 5.22. The fourth-order valence-corrected chi connectivity index (χ4v) is 2.89. The van der Waals surface area contributed by atoms with Gasteiger partial charge < -0.3 is 14.8 Å². The van der Waals surface area contributed by atoms with Gasteiger partial charge in [0.05, 0.1) is 18.8 Å². The molecule has 4 heteroatoms. The van der Waals surface area contributed by atoms with E-state index in [1.54, 1.807) is 7.11 Å². The molecule has 0 spiro atoms. The smallest absolute Gasteiger partial charge is 0.0707 e. The van der Waals surface area contributed by atoms with E-state index < -0.39 is 0 Å². The van der Waals surface area contributed by atoms with E-state index in [2.05, 4.69) is 17.1 Å². The fraction of sp³-hybridized carbons (Fsp3) is 1.00. The van der Waals surface area contributed by atoms with Crippen LogP contribution in [0.5, 0.6) is 0 Å². The minimum atomic E-state index is 0.456. The topological polar surface area (TPSA) is 33.7 Å². The van der Waals surface area contributed by atoms with E-state index in [-0.39, 0.29) is 0 Å². The number of nitrogens with one attached hydrogen (secondary N) is 1. The first-order valence-electron chi connectivity index (χ1n) is 6.92. The molecule has 2 fully saturated rings. The van der Waals surface area contributed by atoms with Gasteiger partial charge in [0.25, 0.3) is 0 Å². The van der Waals surface area contributed by atoms with Gasteiger partial charge in [-0.05, 0) is 25.8 Å². The lowest BCUT2D eigenvalue weighted by Crippen LogP contribution is -2.50. The molecule has 3 unspecified atom stereocenters. The molecule has 2 rings (SSSR count). The number of nitrogens with zero attached hydrogens (tertiary/aromatic N) is 1. The van der Waals surface area contributed by atoms with Crippen molar-refractivity contribution in [3.8, 4) is 0 Å². The molecule has 0 amide bonds. The number of hydrogen-bond acceptors (Lipinski definition) is 4. The predicted molar refractivity (Wildman–Crippen MR) is 68.3 cm³/mol. The summed E-state index contributed by atoms with van der Waals surface area (Å²) in [6.45, 7) is 7.36. The van der Waals surface area contributed by atoms with E-state index in [1.807, 2.05) is 0 Å². The van der Waals surface area contributed by atoms with Crippen LogP contribution >= 0.6 is 0 Å². The molecule has 2 saturated heterocycles. The van der Waals surface area contributed by atoms with Crippen molar-refractivity contribution in [3.05, 3.63) is 0 Å². The first-order chi connectivity index (χ1) is 8.31. The van der Waals surface area contributed by atoms with Crippen LogP contribution in [0.1, 0.15) is 26.2 Å². The van der Waals surface area contributed by atoms with Crippen LogP contribution in [-0.2, 0) is 9.47 Å². The van der Waals surface area contributed by atoms with Gasteiger partial charge in [0, 0.05) is 32.8 Å². The highest BCUT2D eigenvalue weighted by atomic mass is 16.5. The average Bonchev–Trinajstić information content (AvgIpc) is 2.66. The number of ether oxygens (including phenoxy) is 2. The van der Waals surface area contributed by atoms with E-state index in [4.69, 9.17) is 9.47 Å². The number of rotatable bonds is 7. The van der Waals surface area contributed by atoms with E-state index >= 15 is 0 Å². The Morgan fingerprint density at radius 3 is 2.65 bits per heavy atom. The molecule has 0 aromatic carbocycles. The maximum atomic E-state index is 5.86. The Labute approximate surface area is 105 Å². The third-order valence-electron chi connectivity index (χ3n) is 3.65. The first kappa shape index (κ1) is 13.3. The summed E-state index contributed by atoms with van der Waals surface area (Å²) in [5.41, 5.74) is 0. The van der Waals surface area contributed by atoms with Crippen molar-refractivity contribution in [2.45, 2.75) is 44.4 Å². The van der Waals surface area contributed by atoms with Gasteiger partial charge in [-0.15, -0.1) is 0 Å². The predicted octanol–water partition coefficient (Wildman–Crippen LogP) is 0.864. The Hall–Kier alpha value is -0.160. The van der Waals surface area contributed by atoms with E-state index in [0.29, 0.717) is 18.2 Å². The second kappa shape index (κ2) is 6.69. The highest BCUT2D eigenvalue weighted by molar-refractivity contribution is 4.86. The second-order valence-corrected chi connectivity index (χ2v) is 5.28. The van der Waals surface area contributed by atoms with Gasteiger partial charge in [-0.2, -0.15) is 0 Å². The van der Waals surface area contributed by atoms with Crippen LogP contribution in [0.2, 0.25) is 0 Å². The molecular formula is C13H26N2O2. The molecule has 0 radical (unpaired) electrons. The van der Waals surface area contributed by atoms with E-state index in [9.17, 15) is 0 Å². The minimum absolute atomic E-state index is 0.456. The quantitative estimate of drug-likeness (QED) is 0.718. The lowest BCUT2D eigenvalue weighted by Gasteiger charge is -2.34. The Morgan fingerprint density at radius 1 is 1.35 bits per heavy atom. The maximum absolute atomic E-state index is 5.86. The highest BCUT2D eigenvalue weighted by Gasteiger charge is 2.34. The van der Waals surface area contributed by atoms with Gasteiger partial charge in [-0.25, -0.2) is 0 Å². The van der Waals surface area contributed by atoms with Crippen molar-refractivity contribution in [3.63, 3.8) is 0 Å². The van der Waals surface area contributed by atoms with Crippen molar-refractivity contribution >= 4 is 0 Å². The van der Waals surface area contributed by atoms with Crippen molar-refractivity contribution in [1.82, 2.24) is 10.2 Å². The zero-order chi connectivity index (χ0) is 12.1. The Morgan fingerprint density at radius 2 is 2.06 bits per heavy atom. The van der Waals surface area contributed by atoms with Crippen LogP contribution in [0.4, 0.5) is 0 Å². The fourth-order valence-electron chi connectivity index (χ4n) is 2.89. The van der Waals surface area contributed by atoms with Crippen molar-refractivity contribution in [2.24, 2.45) is 0 Å². The molecule has 2 bridgehead atoms. The van der Waals surface area contributed by atoms with Crippen LogP contribution in [0, 0.1) is 0 Å². The van der Waals surface area contributed by atoms with E-state index in [1.165, 1.54) is 19.3 Å². The van der Waals surface area contributed by atoms with Crippen LogP contribution in [0.25, 0.3) is 0 Å². The highest BCUT2D eigenvalue weighted by Crippen LogP contribution is 2.26. The molecule has 4 nitrogen and oxygen atoms in total. The molecule has 100 valence electrons. The second-order valence-electron chi connectivity index (χ2n) is 5.28. The molecule has 2 aliphatic rings. The zero-order valence-electron chi connectivity index (χ0n) is 11.2. The standard InChI is InChI=1S/C13H26N2O2/c1-3-6-14-11(10-16-2)7-15-8-12-4-5-13(9-15)17-12/h11-14H,3-10H2,1-2H3. The number of fused-ring (bicyclic) bond motifs is 2. The minimum Gasteiger partial charge on any atom is -0.383 e. The third-order valence-corrected chi connectivity index (χ3v) is 3.65. The molecule has 2 aliphatic heterocycles. The van der Waals surface area contributed by atoms with Crippen LogP contribution in [0.3, 0.4) is 0 Å². The van der Waals surface area contributed by atoms with Gasteiger partial charge in [-0.3, -0.25) is 4.90 Å². The van der Waals surface area contributed by atoms with E-state index in [0.717, 1.165) is 32.8 Å². The first-order valence-corrected chi connectivity index (χ1v) is 6.92. The van der Waals surface area contributed by atoms with Crippen LogP contribution in [0.15, 0.2) is 0 Å². The summed E-state index contributed by atoms with van der Waals surface area (Å²) < 4.78 is 11.1. The maximum Gasteiger partial charge on any atom is 0.0707 e. The number of morpholine rings is 1. The monoisotopic (exact) mass is 242 g/mol. The number of methoxy groups -OCH3 is 1. The summed E-state index contributed by atoms with van der Waals surface area (Å²) >= 11 is 0. The summed E-state index contributed by atoms with van der Waals surface area (Å²) in [5.74, 6) is 0. The van der Waals surface area contributed by atoms with Gasteiger partial charge in [0.15, 0.2) is 0 Å². The van der Waals surface area contributed by atoms with Gasteiger partial charge in [0.2, 0.25) is 0 Å². The molecule has 0 saturated carbocycles. The van der Waals surface area contributed by atoms with Gasteiger partial charge >= 0.3 is 0 Å². The molecule has 1 N–H and O–H groups in total. The average molecular weight is 242 g/mol. The molecule has 3 atom stereocenters. The molecule has 0 aliphatic carbocycles. The lowest BCUT2D eigenvalue weighted by atomic mass is 10.2. The summed E-state index contributed by atoms with van der Waals surface area (Å²) in [5, 5.41) is 3.56. The Balaban J connectivity index is 1.76. The van der Waals surface area contributed by atoms with Crippen LogP contribution < -0.4 is 5.32 Å². The normalized spacial score (nSPS) is 30.7. The SMILES string of the molecule is CCCNC(COC)CN1CC2CCC(C1)O2. The molecule has 0 aromatic heterocycles. The number of hydrogen-bond donors (Lipinski definition) is 1. The number of likely N-dealkylation sites (tertiary alicyclic amines) is 1. The summed E-state index contributed by atoms with van der Waals surface area (Å²) in [6.07, 6.45) is 4.65. The van der Waals surface area contributed by atoms with Crippen molar-refractivity contribution < 1.29 is 9.47 Å². The van der Waals surface area contributed by atoms with Gasteiger partial charge in [-0.1, -0.05) is 6.92 Å². The van der Waals surface area contributed by atoms with Crippen molar-refractivity contribution in [1.29, 1.82) is 0 Å². The summed E-state index contributed by atoms with van der Waals surface area (Å²) in [4.78, 5) is 2.54. The van der Waals surface area contributed by atoms with Crippen LogP contribution in [-0.4, -0.2) is 63.0 Å². The lowest BCUT2D eigenvalue weighted by molar-refractivity contribution is -0.0427. The molecule has 2 heterocycles. The van der Waals surface area contributed by atoms with Crippen molar-refractivity contribution in [2.75, 3.05) is 39.9 Å². The Bertz CT molecular complexity index is 213. The molecule has 17 heavy (non-hydrogen) atoms. The zero-order valence-corrected chi connectivity index (χ0v) is 11.2. The summed E-state index contributed by atoms with van der Waals surface area (Å²) in [7, 11) is 1.78. The molecular weight excluding hydrogens is 216 g/mol. The third kappa shape index (κ3) is 3.91.